The van der Waals surface area contributed by atoms with Gasteiger partial charge in [0.1, 0.15) is 11.6 Å². The van der Waals surface area contributed by atoms with Crippen molar-refractivity contribution in [2.45, 2.75) is 38.5 Å². The molecule has 0 spiro atoms. The minimum Gasteiger partial charge on any atom is -0.299 e. The van der Waals surface area contributed by atoms with Crippen molar-refractivity contribution < 1.29 is 9.18 Å². The molecule has 4 rings (SSSR count). The first-order valence-electron chi connectivity index (χ1n) is 8.40. The average Bonchev–Trinajstić information content (AvgIpc) is 2.57. The molecule has 0 bridgehead atoms. The SMILES string of the molecule is CC1C(=O)CCC2c3nc(Cl)nc(-c4ccccc4F)c3CCC12. The lowest BCUT2D eigenvalue weighted by molar-refractivity contribution is -0.126. The lowest BCUT2D eigenvalue weighted by Crippen LogP contribution is -2.36. The zero-order chi connectivity index (χ0) is 16.8. The largest absolute Gasteiger partial charge is 0.299 e. The summed E-state index contributed by atoms with van der Waals surface area (Å²) in [6, 6.07) is 6.63. The quantitative estimate of drug-likeness (QED) is 0.711. The summed E-state index contributed by atoms with van der Waals surface area (Å²) in [6.07, 6.45) is 3.05. The molecule has 3 nitrogen and oxygen atoms in total. The van der Waals surface area contributed by atoms with Gasteiger partial charge in [-0.2, -0.15) is 0 Å². The van der Waals surface area contributed by atoms with Crippen LogP contribution >= 0.6 is 11.6 Å². The van der Waals surface area contributed by atoms with Crippen molar-refractivity contribution in [3.63, 3.8) is 0 Å². The van der Waals surface area contributed by atoms with Crippen molar-refractivity contribution in [2.75, 3.05) is 0 Å². The maximum Gasteiger partial charge on any atom is 0.223 e. The van der Waals surface area contributed by atoms with E-state index in [0.29, 0.717) is 29.4 Å². The molecule has 0 amide bonds. The Morgan fingerprint density at radius 1 is 1.17 bits per heavy atom. The van der Waals surface area contributed by atoms with Gasteiger partial charge in [0.05, 0.1) is 11.4 Å². The van der Waals surface area contributed by atoms with Gasteiger partial charge in [-0.3, -0.25) is 4.79 Å². The van der Waals surface area contributed by atoms with E-state index in [1.807, 2.05) is 6.92 Å². The van der Waals surface area contributed by atoms with E-state index >= 15 is 0 Å². The molecule has 1 saturated carbocycles. The Labute approximate surface area is 145 Å². The lowest BCUT2D eigenvalue weighted by atomic mass is 9.65. The molecule has 0 aliphatic heterocycles. The summed E-state index contributed by atoms with van der Waals surface area (Å²) in [7, 11) is 0. The Morgan fingerprint density at radius 2 is 1.96 bits per heavy atom. The van der Waals surface area contributed by atoms with Gasteiger partial charge in [0.2, 0.25) is 5.28 Å². The first kappa shape index (κ1) is 15.7. The summed E-state index contributed by atoms with van der Waals surface area (Å²) in [6.45, 7) is 2.02. The summed E-state index contributed by atoms with van der Waals surface area (Å²) in [4.78, 5) is 20.9. The van der Waals surface area contributed by atoms with Crippen LogP contribution in [-0.2, 0) is 11.2 Å². The molecular weight excluding hydrogens is 327 g/mol. The molecule has 0 radical (unpaired) electrons. The van der Waals surface area contributed by atoms with E-state index in [2.05, 4.69) is 9.97 Å². The van der Waals surface area contributed by atoms with Crippen LogP contribution in [0.5, 0.6) is 0 Å². The Morgan fingerprint density at radius 3 is 2.75 bits per heavy atom. The number of Topliss-reactive ketones (excluding diaryl/α,β-unsaturated/α-hetero) is 1. The van der Waals surface area contributed by atoms with Crippen LogP contribution in [0.3, 0.4) is 0 Å². The summed E-state index contributed by atoms with van der Waals surface area (Å²) in [5.41, 5.74) is 2.98. The highest BCUT2D eigenvalue weighted by Crippen LogP contribution is 2.47. The maximum absolute atomic E-state index is 14.3. The topological polar surface area (TPSA) is 42.9 Å². The Bertz CT molecular complexity index is 823. The molecule has 2 aromatic rings. The number of carbonyl (C=O) groups excluding carboxylic acids is 1. The molecule has 0 saturated heterocycles. The summed E-state index contributed by atoms with van der Waals surface area (Å²) >= 11 is 6.17. The van der Waals surface area contributed by atoms with Gasteiger partial charge in [0, 0.05) is 29.4 Å². The molecule has 3 unspecified atom stereocenters. The smallest absolute Gasteiger partial charge is 0.223 e. The van der Waals surface area contributed by atoms with Gasteiger partial charge in [-0.05, 0) is 48.9 Å². The molecule has 5 heteroatoms. The molecule has 1 aromatic heterocycles. The lowest BCUT2D eigenvalue weighted by Gasteiger charge is -2.39. The Balaban J connectivity index is 1.86. The molecule has 24 heavy (non-hydrogen) atoms. The van der Waals surface area contributed by atoms with E-state index in [9.17, 15) is 9.18 Å². The second-order valence-electron chi connectivity index (χ2n) is 6.79. The molecule has 3 atom stereocenters. The highest BCUT2D eigenvalue weighted by molar-refractivity contribution is 6.28. The van der Waals surface area contributed by atoms with E-state index < -0.39 is 0 Å². The zero-order valence-corrected chi connectivity index (χ0v) is 14.2. The molecular formula is C19H18ClFN2O. The number of hydrogen-bond acceptors (Lipinski definition) is 3. The number of aromatic nitrogens is 2. The fraction of sp³-hybridized carbons (Fsp3) is 0.421. The van der Waals surface area contributed by atoms with Crippen LogP contribution in [0.25, 0.3) is 11.3 Å². The van der Waals surface area contributed by atoms with Crippen LogP contribution < -0.4 is 0 Å². The number of halogens is 2. The predicted octanol–water partition coefficient (Wildman–Crippen LogP) is 4.58. The minimum atomic E-state index is -0.302. The van der Waals surface area contributed by atoms with E-state index in [1.54, 1.807) is 18.2 Å². The molecule has 2 aliphatic rings. The van der Waals surface area contributed by atoms with Crippen LogP contribution in [0.2, 0.25) is 5.28 Å². The second kappa shape index (κ2) is 5.92. The van der Waals surface area contributed by atoms with Gasteiger partial charge < -0.3 is 0 Å². The Kier molecular flexibility index (Phi) is 3.87. The summed E-state index contributed by atoms with van der Waals surface area (Å²) in [5, 5.41) is 0.150. The molecule has 0 N–H and O–H groups in total. The first-order chi connectivity index (χ1) is 11.6. The van der Waals surface area contributed by atoms with Gasteiger partial charge in [-0.15, -0.1) is 0 Å². The van der Waals surface area contributed by atoms with E-state index in [1.165, 1.54) is 6.07 Å². The third-order valence-corrected chi connectivity index (χ3v) is 5.76. The summed E-state index contributed by atoms with van der Waals surface area (Å²) < 4.78 is 14.3. The monoisotopic (exact) mass is 344 g/mol. The molecule has 1 aromatic carbocycles. The number of benzene rings is 1. The number of rotatable bonds is 1. The van der Waals surface area contributed by atoms with Crippen molar-refractivity contribution in [3.8, 4) is 11.3 Å². The zero-order valence-electron chi connectivity index (χ0n) is 13.4. The fourth-order valence-corrected chi connectivity index (χ4v) is 4.51. The molecule has 1 fully saturated rings. The number of hydrogen-bond donors (Lipinski definition) is 0. The normalized spacial score (nSPS) is 26.0. The minimum absolute atomic E-state index is 0.0579. The Hall–Kier alpha value is -1.81. The van der Waals surface area contributed by atoms with Crippen molar-refractivity contribution in [3.05, 3.63) is 46.6 Å². The van der Waals surface area contributed by atoms with E-state index in [4.69, 9.17) is 11.6 Å². The molecule has 124 valence electrons. The van der Waals surface area contributed by atoms with Crippen LogP contribution in [0.1, 0.15) is 43.4 Å². The third kappa shape index (κ3) is 2.44. The van der Waals surface area contributed by atoms with E-state index in [0.717, 1.165) is 30.5 Å². The van der Waals surface area contributed by atoms with Crippen molar-refractivity contribution >= 4 is 17.4 Å². The van der Waals surface area contributed by atoms with Gasteiger partial charge in [0.25, 0.3) is 0 Å². The van der Waals surface area contributed by atoms with Crippen LogP contribution in [0.15, 0.2) is 24.3 Å². The highest BCUT2D eigenvalue weighted by atomic mass is 35.5. The van der Waals surface area contributed by atoms with Crippen molar-refractivity contribution in [2.24, 2.45) is 11.8 Å². The van der Waals surface area contributed by atoms with Gasteiger partial charge in [-0.1, -0.05) is 19.1 Å². The van der Waals surface area contributed by atoms with Gasteiger partial charge in [-0.25, -0.2) is 14.4 Å². The predicted molar refractivity (Wildman–Crippen MR) is 90.4 cm³/mol. The maximum atomic E-state index is 14.3. The van der Waals surface area contributed by atoms with Crippen LogP contribution in [0.4, 0.5) is 4.39 Å². The number of fused-ring (bicyclic) bond motifs is 3. The van der Waals surface area contributed by atoms with Gasteiger partial charge in [0.15, 0.2) is 0 Å². The third-order valence-electron chi connectivity index (χ3n) is 5.59. The molecule has 1 heterocycles. The van der Waals surface area contributed by atoms with Crippen molar-refractivity contribution in [1.29, 1.82) is 0 Å². The standard InChI is InChI=1S/C19H18ClFN2O/c1-10-11-6-7-14-17(12(11)8-9-16(10)24)22-19(20)23-18(14)13-4-2-3-5-15(13)21/h2-5,10-12H,6-9H2,1H3. The highest BCUT2D eigenvalue weighted by Gasteiger charge is 2.41. The van der Waals surface area contributed by atoms with Crippen molar-refractivity contribution in [1.82, 2.24) is 9.97 Å². The van der Waals surface area contributed by atoms with Gasteiger partial charge >= 0.3 is 0 Å². The fourth-order valence-electron chi connectivity index (χ4n) is 4.33. The average molecular weight is 345 g/mol. The number of ketones is 1. The van der Waals surface area contributed by atoms with Crippen LogP contribution in [-0.4, -0.2) is 15.8 Å². The second-order valence-corrected chi connectivity index (χ2v) is 7.13. The summed E-state index contributed by atoms with van der Waals surface area (Å²) in [5.74, 6) is 0.617. The van der Waals surface area contributed by atoms with Crippen LogP contribution in [0, 0.1) is 17.7 Å². The number of carbonyl (C=O) groups is 1. The molecule has 2 aliphatic carbocycles. The number of nitrogens with zero attached hydrogens (tertiary/aromatic N) is 2. The first-order valence-corrected chi connectivity index (χ1v) is 8.78. The van der Waals surface area contributed by atoms with E-state index in [-0.39, 0.29) is 22.9 Å².